The van der Waals surface area contributed by atoms with Crippen LogP contribution in [-0.2, 0) is 10.8 Å². The molecule has 17 heavy (non-hydrogen) atoms. The highest BCUT2D eigenvalue weighted by Gasteiger charge is 2.36. The molecule has 92 valence electrons. The number of benzene rings is 1. The summed E-state index contributed by atoms with van der Waals surface area (Å²) in [5.41, 5.74) is 4.89. The first kappa shape index (κ1) is 12.8. The lowest BCUT2D eigenvalue weighted by atomic mass is 9.63. The smallest absolute Gasteiger partial charge is 0.0100 e. The van der Waals surface area contributed by atoms with E-state index in [1.165, 1.54) is 29.5 Å². The number of hydrogen-bond acceptors (Lipinski definition) is 1. The van der Waals surface area contributed by atoms with E-state index >= 15 is 0 Å². The van der Waals surface area contributed by atoms with E-state index in [0.29, 0.717) is 10.8 Å². The van der Waals surface area contributed by atoms with E-state index in [1.54, 1.807) is 0 Å². The molecule has 0 nitrogen and oxygen atoms in total. The average molecular weight is 246 g/mol. The molecule has 1 aliphatic carbocycles. The minimum Gasteiger partial charge on any atom is -0.151 e. The largest absolute Gasteiger partial charge is 0.151 e. The van der Waals surface area contributed by atoms with Crippen LogP contribution in [0.2, 0.25) is 0 Å². The number of hydrogen-bond donors (Lipinski definition) is 1. The number of rotatable bonds is 1. The second kappa shape index (κ2) is 4.20. The van der Waals surface area contributed by atoms with Crippen LogP contribution in [0.3, 0.4) is 0 Å². The minimum absolute atomic E-state index is 0.297. The summed E-state index contributed by atoms with van der Waals surface area (Å²) in [7, 11) is 0. The van der Waals surface area contributed by atoms with Gasteiger partial charge in [-0.2, -0.15) is 12.6 Å². The van der Waals surface area contributed by atoms with Gasteiger partial charge in [0.05, 0.1) is 0 Å². The molecule has 0 amide bonds. The summed E-state index contributed by atoms with van der Waals surface area (Å²) in [6, 6.07) is 6.84. The van der Waals surface area contributed by atoms with Gasteiger partial charge in [0.2, 0.25) is 0 Å². The van der Waals surface area contributed by atoms with Crippen LogP contribution in [0.1, 0.15) is 57.2 Å². The van der Waals surface area contributed by atoms with Crippen molar-refractivity contribution in [1.82, 2.24) is 0 Å². The van der Waals surface area contributed by atoms with Gasteiger partial charge in [-0.25, -0.2) is 0 Å². The van der Waals surface area contributed by atoms with Gasteiger partial charge < -0.3 is 0 Å². The maximum atomic E-state index is 4.16. The predicted octanol–water partition coefficient (Wildman–Crippen LogP) is 4.94. The summed E-state index contributed by atoms with van der Waals surface area (Å²) >= 11 is 4.16. The molecule has 0 fully saturated rings. The van der Waals surface area contributed by atoms with Crippen molar-refractivity contribution in [3.63, 3.8) is 0 Å². The van der Waals surface area contributed by atoms with Crippen LogP contribution in [0.5, 0.6) is 0 Å². The van der Waals surface area contributed by atoms with Crippen molar-refractivity contribution in [1.29, 1.82) is 0 Å². The maximum absolute atomic E-state index is 4.16. The molecule has 0 aliphatic heterocycles. The van der Waals surface area contributed by atoms with Crippen molar-refractivity contribution in [3.05, 3.63) is 40.3 Å². The molecule has 1 aromatic rings. The van der Waals surface area contributed by atoms with Crippen LogP contribution >= 0.6 is 12.6 Å². The minimum atomic E-state index is 0.297. The van der Waals surface area contributed by atoms with Gasteiger partial charge in [0.15, 0.2) is 0 Å². The number of thiol groups is 1. The van der Waals surface area contributed by atoms with Gasteiger partial charge in [0, 0.05) is 0 Å². The third kappa shape index (κ3) is 2.30. The first-order valence-electron chi connectivity index (χ1n) is 6.33. The monoisotopic (exact) mass is 246 g/mol. The zero-order valence-corrected chi connectivity index (χ0v) is 12.1. The van der Waals surface area contributed by atoms with Crippen molar-refractivity contribution in [2.75, 3.05) is 0 Å². The predicted molar refractivity (Wildman–Crippen MR) is 79.7 cm³/mol. The topological polar surface area (TPSA) is 0 Å². The highest BCUT2D eigenvalue weighted by molar-refractivity contribution is 7.83. The Morgan fingerprint density at radius 3 is 2.18 bits per heavy atom. The van der Waals surface area contributed by atoms with Gasteiger partial charge in [-0.3, -0.25) is 0 Å². The van der Waals surface area contributed by atoms with E-state index in [1.807, 2.05) is 5.41 Å². The zero-order valence-electron chi connectivity index (χ0n) is 11.2. The molecule has 0 unspecified atom stereocenters. The first-order chi connectivity index (χ1) is 7.87. The van der Waals surface area contributed by atoms with Crippen molar-refractivity contribution >= 4 is 18.7 Å². The van der Waals surface area contributed by atoms with E-state index in [9.17, 15) is 0 Å². The van der Waals surface area contributed by atoms with E-state index in [4.69, 9.17) is 0 Å². The highest BCUT2D eigenvalue weighted by atomic mass is 32.1. The quantitative estimate of drug-likeness (QED) is 0.667. The number of fused-ring (bicyclic) bond motifs is 1. The summed E-state index contributed by atoms with van der Waals surface area (Å²) in [5, 5.41) is 1.81. The molecule has 0 saturated heterocycles. The Morgan fingerprint density at radius 1 is 1.00 bits per heavy atom. The molecule has 1 heteroatoms. The van der Waals surface area contributed by atoms with Crippen LogP contribution in [0.25, 0.3) is 6.08 Å². The van der Waals surface area contributed by atoms with Crippen molar-refractivity contribution in [2.45, 2.75) is 51.4 Å². The Kier molecular flexibility index (Phi) is 3.15. The third-order valence-electron chi connectivity index (χ3n) is 4.14. The molecule has 0 saturated carbocycles. The summed E-state index contributed by atoms with van der Waals surface area (Å²) in [6.45, 7) is 9.43. The molecule has 0 N–H and O–H groups in total. The lowest BCUT2D eigenvalue weighted by molar-refractivity contribution is 0.332. The van der Waals surface area contributed by atoms with E-state index < -0.39 is 0 Å². The molecule has 1 aromatic carbocycles. The SMILES string of the molecule is CC1(C)CCC(C)(C)c2cc(/C=C\S)ccc21. The van der Waals surface area contributed by atoms with Crippen LogP contribution in [0, 0.1) is 0 Å². The average Bonchev–Trinajstić information content (AvgIpc) is 2.26. The first-order valence-corrected chi connectivity index (χ1v) is 6.84. The highest BCUT2D eigenvalue weighted by Crippen LogP contribution is 2.45. The van der Waals surface area contributed by atoms with Crippen molar-refractivity contribution < 1.29 is 0 Å². The van der Waals surface area contributed by atoms with E-state index in [-0.39, 0.29) is 0 Å². The van der Waals surface area contributed by atoms with Gasteiger partial charge in [0.25, 0.3) is 0 Å². The van der Waals surface area contributed by atoms with Gasteiger partial charge in [-0.05, 0) is 51.8 Å². The lowest BCUT2D eigenvalue weighted by Gasteiger charge is -2.42. The van der Waals surface area contributed by atoms with E-state index in [0.717, 1.165) is 0 Å². The standard InChI is InChI=1S/C16H22S/c1-15(2)8-9-16(3,4)14-11-12(7-10-17)5-6-13(14)15/h5-7,10-11,17H,8-9H2,1-4H3/b10-7-. The molecule has 0 heterocycles. The van der Waals surface area contributed by atoms with Crippen LogP contribution in [0.4, 0.5) is 0 Å². The van der Waals surface area contributed by atoms with E-state index in [2.05, 4.69) is 64.6 Å². The van der Waals surface area contributed by atoms with Gasteiger partial charge in [-0.1, -0.05) is 45.9 Å². The van der Waals surface area contributed by atoms with Crippen molar-refractivity contribution in [3.8, 4) is 0 Å². The Morgan fingerprint density at radius 2 is 1.59 bits per heavy atom. The van der Waals surface area contributed by atoms with Crippen LogP contribution in [-0.4, -0.2) is 0 Å². The van der Waals surface area contributed by atoms with Crippen molar-refractivity contribution in [2.24, 2.45) is 0 Å². The molecule has 0 atom stereocenters. The van der Waals surface area contributed by atoms with Gasteiger partial charge in [-0.15, -0.1) is 0 Å². The normalized spacial score (nSPS) is 21.5. The molecular formula is C16H22S. The molecule has 0 aromatic heterocycles. The fourth-order valence-electron chi connectivity index (χ4n) is 2.80. The molecular weight excluding hydrogens is 224 g/mol. The Labute approximate surface area is 111 Å². The fourth-order valence-corrected chi connectivity index (χ4v) is 2.97. The Hall–Kier alpha value is -0.690. The molecule has 0 radical (unpaired) electrons. The van der Waals surface area contributed by atoms with Crippen LogP contribution < -0.4 is 0 Å². The second-order valence-electron chi connectivity index (χ2n) is 6.39. The summed E-state index contributed by atoms with van der Waals surface area (Å²) < 4.78 is 0. The Bertz CT molecular complexity index is 453. The fraction of sp³-hybridized carbons (Fsp3) is 0.500. The van der Waals surface area contributed by atoms with Gasteiger partial charge >= 0.3 is 0 Å². The molecule has 1 aliphatic rings. The lowest BCUT2D eigenvalue weighted by Crippen LogP contribution is -2.33. The Balaban J connectivity index is 2.60. The summed E-state index contributed by atoms with van der Waals surface area (Å²) in [4.78, 5) is 0. The van der Waals surface area contributed by atoms with Crippen LogP contribution in [0.15, 0.2) is 23.6 Å². The third-order valence-corrected chi connectivity index (χ3v) is 4.29. The molecule has 0 bridgehead atoms. The zero-order chi connectivity index (χ0) is 12.7. The second-order valence-corrected chi connectivity index (χ2v) is 6.69. The molecule has 0 spiro atoms. The molecule has 2 rings (SSSR count). The summed E-state index contributed by atoms with van der Waals surface area (Å²) in [6.07, 6.45) is 4.59. The van der Waals surface area contributed by atoms with Gasteiger partial charge in [0.1, 0.15) is 0 Å². The summed E-state index contributed by atoms with van der Waals surface area (Å²) in [5.74, 6) is 0. The maximum Gasteiger partial charge on any atom is -0.0100 e.